The molecule has 0 amide bonds. The minimum absolute atomic E-state index is 0.166. The summed E-state index contributed by atoms with van der Waals surface area (Å²) in [6, 6.07) is 1.47. The van der Waals surface area contributed by atoms with Gasteiger partial charge in [-0.05, 0) is 67.2 Å². The Morgan fingerprint density at radius 3 is 1.97 bits per heavy atom. The summed E-state index contributed by atoms with van der Waals surface area (Å²) in [5.41, 5.74) is 4.66. The first-order valence-electron chi connectivity index (χ1n) is 11.6. The van der Waals surface area contributed by atoms with Crippen LogP contribution in [0.5, 0.6) is 0 Å². The van der Waals surface area contributed by atoms with E-state index in [1.807, 2.05) is 0 Å². The maximum atomic E-state index is 4.98. The number of nitrogens with zero attached hydrogens (tertiary/aromatic N) is 4. The summed E-state index contributed by atoms with van der Waals surface area (Å²) in [7, 11) is 0. The Bertz CT molecular complexity index is 747. The van der Waals surface area contributed by atoms with Crippen LogP contribution in [0.15, 0.2) is 32.1 Å². The molecule has 3 rings (SSSR count). The second-order valence-electron chi connectivity index (χ2n) is 9.27. The predicted molar refractivity (Wildman–Crippen MR) is 130 cm³/mol. The molecule has 6 heteroatoms. The van der Waals surface area contributed by atoms with Crippen LogP contribution >= 0.6 is 0 Å². The molecule has 2 N–H and O–H groups in total. The quantitative estimate of drug-likeness (QED) is 0.598. The molecule has 30 heavy (non-hydrogen) atoms. The standard InChI is InChI=1S/C24H40N6/c1-15-13-25-17(3)21-9-8-12-24(30-21)20(6)28-16(2)14-26-18(4)22-10-7-11-23(29-22)19(5)27-15/h7,11,15-16,21-24,29-30H,8-10,12-14H2,1-6H3. The Morgan fingerprint density at radius 1 is 0.733 bits per heavy atom. The van der Waals surface area contributed by atoms with Gasteiger partial charge >= 0.3 is 0 Å². The molecule has 3 aliphatic rings. The van der Waals surface area contributed by atoms with Gasteiger partial charge in [0.05, 0.1) is 31.2 Å². The van der Waals surface area contributed by atoms with E-state index >= 15 is 0 Å². The molecule has 0 aliphatic carbocycles. The molecule has 1 fully saturated rings. The van der Waals surface area contributed by atoms with E-state index in [2.05, 4.69) is 64.3 Å². The van der Waals surface area contributed by atoms with Crippen LogP contribution < -0.4 is 10.6 Å². The topological polar surface area (TPSA) is 73.5 Å². The largest absolute Gasteiger partial charge is 0.301 e. The maximum absolute atomic E-state index is 4.98. The van der Waals surface area contributed by atoms with E-state index in [4.69, 9.17) is 20.0 Å². The number of piperidine rings is 1. The molecule has 4 bridgehead atoms. The SMILES string of the molecule is CC1=NC(C)CN=C(C)C2CCCC(N2)C(C)=NC(C)CN=C(C)C2CC=CC1N2. The van der Waals surface area contributed by atoms with Gasteiger partial charge in [0.1, 0.15) is 0 Å². The number of fused-ring (bicyclic) bond motifs is 4. The molecule has 166 valence electrons. The number of hydrogen-bond donors (Lipinski definition) is 2. The summed E-state index contributed by atoms with van der Waals surface area (Å²) < 4.78 is 0. The van der Waals surface area contributed by atoms with Crippen LogP contribution in [0, 0.1) is 0 Å². The summed E-state index contributed by atoms with van der Waals surface area (Å²) in [6.45, 7) is 14.4. The zero-order valence-electron chi connectivity index (χ0n) is 19.7. The number of rotatable bonds is 0. The van der Waals surface area contributed by atoms with Gasteiger partial charge in [0.25, 0.3) is 0 Å². The first kappa shape index (κ1) is 23.0. The minimum Gasteiger partial charge on any atom is -0.301 e. The fourth-order valence-corrected chi connectivity index (χ4v) is 4.56. The van der Waals surface area contributed by atoms with Crippen LogP contribution in [0.4, 0.5) is 0 Å². The first-order chi connectivity index (χ1) is 14.3. The van der Waals surface area contributed by atoms with E-state index in [0.29, 0.717) is 12.1 Å². The molecule has 0 saturated carbocycles. The Kier molecular flexibility index (Phi) is 8.12. The molecule has 0 radical (unpaired) electrons. The van der Waals surface area contributed by atoms with E-state index < -0.39 is 0 Å². The Labute approximate surface area is 182 Å². The average Bonchev–Trinajstić information content (AvgIpc) is 2.75. The van der Waals surface area contributed by atoms with Crippen LogP contribution in [0.25, 0.3) is 0 Å². The molecule has 3 aliphatic heterocycles. The highest BCUT2D eigenvalue weighted by molar-refractivity contribution is 5.93. The third-order valence-corrected chi connectivity index (χ3v) is 6.49. The summed E-state index contributed by atoms with van der Waals surface area (Å²) in [5.74, 6) is 0. The number of hydrogen-bond acceptors (Lipinski definition) is 6. The fraction of sp³-hybridized carbons (Fsp3) is 0.750. The van der Waals surface area contributed by atoms with Crippen molar-refractivity contribution in [1.82, 2.24) is 10.6 Å². The molecular weight excluding hydrogens is 372 g/mol. The van der Waals surface area contributed by atoms with Crippen LogP contribution in [0.2, 0.25) is 0 Å². The lowest BCUT2D eigenvalue weighted by atomic mass is 9.93. The molecule has 0 aromatic heterocycles. The van der Waals surface area contributed by atoms with E-state index in [-0.39, 0.29) is 24.2 Å². The van der Waals surface area contributed by atoms with E-state index in [1.54, 1.807) is 0 Å². The van der Waals surface area contributed by atoms with Crippen molar-refractivity contribution in [2.45, 2.75) is 103 Å². The van der Waals surface area contributed by atoms with Crippen molar-refractivity contribution >= 4 is 22.8 Å². The van der Waals surface area contributed by atoms with Gasteiger partial charge in [-0.15, -0.1) is 0 Å². The lowest BCUT2D eigenvalue weighted by molar-refractivity contribution is 0.425. The summed E-state index contributed by atoms with van der Waals surface area (Å²) in [5, 5.41) is 7.50. The van der Waals surface area contributed by atoms with Gasteiger partial charge in [-0.3, -0.25) is 25.3 Å². The Hall–Kier alpha value is -1.66. The summed E-state index contributed by atoms with van der Waals surface area (Å²) in [6.07, 6.45) is 8.96. The molecule has 6 nitrogen and oxygen atoms in total. The van der Waals surface area contributed by atoms with Gasteiger partial charge in [0.15, 0.2) is 0 Å². The molecule has 0 spiro atoms. The number of nitrogens with one attached hydrogen (secondary N) is 2. The Morgan fingerprint density at radius 2 is 1.30 bits per heavy atom. The van der Waals surface area contributed by atoms with Crippen molar-refractivity contribution in [2.24, 2.45) is 20.0 Å². The van der Waals surface area contributed by atoms with E-state index in [9.17, 15) is 0 Å². The van der Waals surface area contributed by atoms with Crippen LogP contribution in [0.1, 0.15) is 67.2 Å². The number of aliphatic imine (C=N–C) groups is 4. The van der Waals surface area contributed by atoms with Gasteiger partial charge < -0.3 is 5.32 Å². The van der Waals surface area contributed by atoms with Crippen LogP contribution in [0.3, 0.4) is 0 Å². The molecule has 0 aromatic rings. The van der Waals surface area contributed by atoms with Gasteiger partial charge in [0, 0.05) is 41.0 Å². The zero-order valence-corrected chi connectivity index (χ0v) is 19.7. The summed E-state index contributed by atoms with van der Waals surface area (Å²) in [4.78, 5) is 19.7. The zero-order chi connectivity index (χ0) is 21.7. The van der Waals surface area contributed by atoms with Crippen molar-refractivity contribution in [3.8, 4) is 0 Å². The lowest BCUT2D eigenvalue weighted by Crippen LogP contribution is -2.49. The second-order valence-corrected chi connectivity index (χ2v) is 9.27. The van der Waals surface area contributed by atoms with Crippen molar-refractivity contribution in [1.29, 1.82) is 0 Å². The summed E-state index contributed by atoms with van der Waals surface area (Å²) >= 11 is 0. The third-order valence-electron chi connectivity index (χ3n) is 6.49. The van der Waals surface area contributed by atoms with E-state index in [0.717, 1.165) is 43.8 Å². The van der Waals surface area contributed by atoms with Crippen molar-refractivity contribution in [3.63, 3.8) is 0 Å². The smallest absolute Gasteiger partial charge is 0.0666 e. The highest BCUT2D eigenvalue weighted by Gasteiger charge is 2.25. The molecule has 6 unspecified atom stereocenters. The minimum atomic E-state index is 0.166. The molecule has 6 atom stereocenters. The van der Waals surface area contributed by atoms with Gasteiger partial charge in [-0.25, -0.2) is 0 Å². The predicted octanol–water partition coefficient (Wildman–Crippen LogP) is 3.42. The van der Waals surface area contributed by atoms with E-state index in [1.165, 1.54) is 17.8 Å². The van der Waals surface area contributed by atoms with Gasteiger partial charge in [0.2, 0.25) is 0 Å². The first-order valence-corrected chi connectivity index (χ1v) is 11.6. The van der Waals surface area contributed by atoms with Gasteiger partial charge in [-0.2, -0.15) is 0 Å². The average molecular weight is 413 g/mol. The Balaban J connectivity index is 1.86. The van der Waals surface area contributed by atoms with Crippen molar-refractivity contribution < 1.29 is 0 Å². The lowest BCUT2D eigenvalue weighted by Gasteiger charge is -2.32. The normalized spacial score (nSPS) is 36.6. The van der Waals surface area contributed by atoms with Crippen LogP contribution in [-0.2, 0) is 0 Å². The van der Waals surface area contributed by atoms with Crippen LogP contribution in [-0.4, -0.2) is 72.2 Å². The second kappa shape index (κ2) is 10.6. The molecular formula is C24H40N6. The monoisotopic (exact) mass is 412 g/mol. The fourth-order valence-electron chi connectivity index (χ4n) is 4.56. The highest BCUT2D eigenvalue weighted by Crippen LogP contribution is 2.17. The molecule has 1 saturated heterocycles. The maximum Gasteiger partial charge on any atom is 0.0666 e. The molecule has 0 aromatic carbocycles. The van der Waals surface area contributed by atoms with Gasteiger partial charge in [-0.1, -0.05) is 12.2 Å². The third kappa shape index (κ3) is 6.17. The molecule has 3 heterocycles. The van der Waals surface area contributed by atoms with Crippen molar-refractivity contribution in [2.75, 3.05) is 13.1 Å². The van der Waals surface area contributed by atoms with Crippen molar-refractivity contribution in [3.05, 3.63) is 12.2 Å². The highest BCUT2D eigenvalue weighted by atomic mass is 15.0.